The van der Waals surface area contributed by atoms with Gasteiger partial charge in [0, 0.05) is 49.4 Å². The summed E-state index contributed by atoms with van der Waals surface area (Å²) < 4.78 is 31.3. The van der Waals surface area contributed by atoms with Crippen LogP contribution in [-0.4, -0.2) is 44.8 Å². The van der Waals surface area contributed by atoms with Crippen LogP contribution >= 0.6 is 0 Å². The Balaban J connectivity index is 3.02. The highest BCUT2D eigenvalue weighted by Gasteiger charge is 2.10. The standard InChI is InChI=1S/C23H28F2N4O/c1-7-18(12-26-4)21(28-6)10-8-17(3)30-15-16(2)20(14-27-5)22-11-9-19(13-29-22)23(24)25/h7-14,23H,6,15H2,1-5H3/b17-8+,18-7+,20-16-,21-10-,26-12?,27-14?. The Morgan fingerprint density at radius 1 is 1.17 bits per heavy atom. The molecule has 0 aliphatic rings. The maximum absolute atomic E-state index is 12.8. The third-order valence-corrected chi connectivity index (χ3v) is 4.07. The van der Waals surface area contributed by atoms with Crippen molar-refractivity contribution in [1.82, 2.24) is 4.98 Å². The smallest absolute Gasteiger partial charge is 0.265 e. The topological polar surface area (TPSA) is 59.2 Å². The van der Waals surface area contributed by atoms with E-state index in [-0.39, 0.29) is 5.56 Å². The van der Waals surface area contributed by atoms with Crippen LogP contribution in [0.3, 0.4) is 0 Å². The zero-order valence-electron chi connectivity index (χ0n) is 18.1. The molecule has 5 nitrogen and oxygen atoms in total. The SMILES string of the molecule is C=NC(=C\C=C(/C)OC/C(C)=C(/C=NC)c1ccc(C(F)F)cn1)/C(C=NC)=C/C. The van der Waals surface area contributed by atoms with E-state index < -0.39 is 6.43 Å². The number of hydrogen-bond acceptors (Lipinski definition) is 5. The monoisotopic (exact) mass is 414 g/mol. The quantitative estimate of drug-likeness (QED) is 0.282. The molecule has 0 aliphatic heterocycles. The van der Waals surface area contributed by atoms with E-state index in [4.69, 9.17) is 4.74 Å². The molecule has 1 aromatic rings. The molecule has 30 heavy (non-hydrogen) atoms. The van der Waals surface area contributed by atoms with Crippen LogP contribution in [0.4, 0.5) is 8.78 Å². The first-order valence-corrected chi connectivity index (χ1v) is 9.31. The minimum atomic E-state index is -2.55. The number of nitrogens with zero attached hydrogens (tertiary/aromatic N) is 4. The summed E-state index contributed by atoms with van der Waals surface area (Å²) in [7, 11) is 3.33. The van der Waals surface area contributed by atoms with Gasteiger partial charge >= 0.3 is 0 Å². The second-order valence-corrected chi connectivity index (χ2v) is 6.27. The van der Waals surface area contributed by atoms with Crippen LogP contribution in [0.25, 0.3) is 5.57 Å². The van der Waals surface area contributed by atoms with Gasteiger partial charge in [-0.2, -0.15) is 0 Å². The molecule has 0 amide bonds. The summed E-state index contributed by atoms with van der Waals surface area (Å²) in [5.41, 5.74) is 3.57. The number of alkyl halides is 2. The fraction of sp³-hybridized carbons (Fsp3) is 0.304. The molecule has 0 radical (unpaired) electrons. The van der Waals surface area contributed by atoms with Crippen molar-refractivity contribution in [3.63, 3.8) is 0 Å². The lowest BCUT2D eigenvalue weighted by molar-refractivity contribution is 0.151. The van der Waals surface area contributed by atoms with Crippen LogP contribution in [0.2, 0.25) is 0 Å². The normalized spacial score (nSPS) is 14.6. The Morgan fingerprint density at radius 2 is 1.87 bits per heavy atom. The summed E-state index contributed by atoms with van der Waals surface area (Å²) in [6.07, 6.45) is 7.48. The van der Waals surface area contributed by atoms with Crippen LogP contribution in [0, 0.1) is 0 Å². The minimum Gasteiger partial charge on any atom is -0.494 e. The van der Waals surface area contributed by atoms with Gasteiger partial charge < -0.3 is 4.74 Å². The summed E-state index contributed by atoms with van der Waals surface area (Å²) in [5, 5.41) is 0. The van der Waals surface area contributed by atoms with E-state index in [1.165, 1.54) is 12.3 Å². The fourth-order valence-electron chi connectivity index (χ4n) is 2.43. The summed E-state index contributed by atoms with van der Waals surface area (Å²) in [6.45, 7) is 9.50. The van der Waals surface area contributed by atoms with E-state index in [9.17, 15) is 8.78 Å². The summed E-state index contributed by atoms with van der Waals surface area (Å²) in [4.78, 5) is 16.2. The van der Waals surface area contributed by atoms with E-state index in [1.807, 2.05) is 26.8 Å². The van der Waals surface area contributed by atoms with E-state index in [1.54, 1.807) is 44.7 Å². The Labute approximate surface area is 177 Å². The Hall–Kier alpha value is -3.22. The molecule has 0 N–H and O–H groups in total. The van der Waals surface area contributed by atoms with Crippen LogP contribution in [-0.2, 0) is 4.74 Å². The summed E-state index contributed by atoms with van der Waals surface area (Å²) in [5.74, 6) is 0.674. The lowest BCUT2D eigenvalue weighted by Crippen LogP contribution is -2.01. The lowest BCUT2D eigenvalue weighted by atomic mass is 10.1. The highest BCUT2D eigenvalue weighted by molar-refractivity contribution is 6.10. The number of ether oxygens (including phenoxy) is 1. The van der Waals surface area contributed by atoms with Crippen molar-refractivity contribution in [2.24, 2.45) is 15.0 Å². The minimum absolute atomic E-state index is 0.119. The highest BCUT2D eigenvalue weighted by atomic mass is 19.3. The lowest BCUT2D eigenvalue weighted by Gasteiger charge is -2.11. The average Bonchev–Trinajstić information content (AvgIpc) is 2.75. The Kier molecular flexibility index (Phi) is 10.8. The first-order chi connectivity index (χ1) is 14.4. The number of pyridine rings is 1. The van der Waals surface area contributed by atoms with Gasteiger partial charge in [-0.1, -0.05) is 6.08 Å². The van der Waals surface area contributed by atoms with Gasteiger partial charge in [-0.25, -0.2) is 8.78 Å². The summed E-state index contributed by atoms with van der Waals surface area (Å²) >= 11 is 0. The molecule has 160 valence electrons. The fourth-order valence-corrected chi connectivity index (χ4v) is 2.43. The van der Waals surface area contributed by atoms with Crippen LogP contribution in [0.1, 0.15) is 38.5 Å². The van der Waals surface area contributed by atoms with Crippen molar-refractivity contribution < 1.29 is 13.5 Å². The van der Waals surface area contributed by atoms with Gasteiger partial charge in [0.25, 0.3) is 6.43 Å². The van der Waals surface area contributed by atoms with Crippen molar-refractivity contribution in [2.75, 3.05) is 20.7 Å². The largest absolute Gasteiger partial charge is 0.494 e. The van der Waals surface area contributed by atoms with E-state index >= 15 is 0 Å². The van der Waals surface area contributed by atoms with Crippen LogP contribution in [0.5, 0.6) is 0 Å². The van der Waals surface area contributed by atoms with Crippen LogP contribution in [0.15, 0.2) is 74.1 Å². The van der Waals surface area contributed by atoms with Gasteiger partial charge in [0.05, 0.1) is 17.2 Å². The molecule has 1 heterocycles. The van der Waals surface area contributed by atoms with E-state index in [0.717, 1.165) is 16.7 Å². The second kappa shape index (κ2) is 13.1. The molecule has 1 aromatic heterocycles. The molecule has 0 aliphatic carbocycles. The highest BCUT2D eigenvalue weighted by Crippen LogP contribution is 2.21. The van der Waals surface area contributed by atoms with Crippen LogP contribution < -0.4 is 0 Å². The molecule has 0 fully saturated rings. The molecule has 1 rings (SSSR count). The molecule has 0 saturated heterocycles. The van der Waals surface area contributed by atoms with Crippen molar-refractivity contribution in [3.8, 4) is 0 Å². The predicted octanol–water partition coefficient (Wildman–Crippen LogP) is 5.65. The Morgan fingerprint density at radius 3 is 2.37 bits per heavy atom. The van der Waals surface area contributed by atoms with Crippen molar-refractivity contribution >= 4 is 24.7 Å². The third kappa shape index (κ3) is 7.66. The molecule has 0 bridgehead atoms. The Bertz CT molecular complexity index is 892. The molecular formula is C23H28F2N4O. The zero-order chi connectivity index (χ0) is 22.5. The summed E-state index contributed by atoms with van der Waals surface area (Å²) in [6, 6.07) is 2.92. The molecule has 0 saturated carbocycles. The number of aromatic nitrogens is 1. The third-order valence-electron chi connectivity index (χ3n) is 4.07. The molecule has 0 atom stereocenters. The number of aliphatic imine (C=N–C) groups is 3. The average molecular weight is 415 g/mol. The van der Waals surface area contributed by atoms with Gasteiger partial charge in [-0.15, -0.1) is 0 Å². The predicted molar refractivity (Wildman–Crippen MR) is 122 cm³/mol. The van der Waals surface area contributed by atoms with Crippen molar-refractivity contribution in [3.05, 3.63) is 70.4 Å². The maximum atomic E-state index is 12.8. The zero-order valence-corrected chi connectivity index (χ0v) is 18.1. The van der Waals surface area contributed by atoms with Gasteiger partial charge in [-0.3, -0.25) is 20.0 Å². The second-order valence-electron chi connectivity index (χ2n) is 6.27. The molecule has 0 spiro atoms. The molecular weight excluding hydrogens is 386 g/mol. The number of rotatable bonds is 10. The molecule has 0 aromatic carbocycles. The van der Waals surface area contributed by atoms with Crippen molar-refractivity contribution in [2.45, 2.75) is 27.2 Å². The van der Waals surface area contributed by atoms with Crippen molar-refractivity contribution in [1.29, 1.82) is 0 Å². The number of halogens is 2. The molecule has 7 heteroatoms. The maximum Gasteiger partial charge on any atom is 0.265 e. The van der Waals surface area contributed by atoms with Gasteiger partial charge in [0.1, 0.15) is 6.61 Å². The van der Waals surface area contributed by atoms with Gasteiger partial charge in [0.2, 0.25) is 0 Å². The van der Waals surface area contributed by atoms with E-state index in [0.29, 0.717) is 23.8 Å². The number of allylic oxidation sites excluding steroid dienone is 6. The van der Waals surface area contributed by atoms with E-state index in [2.05, 4.69) is 26.7 Å². The first kappa shape index (κ1) is 24.8. The number of hydrogen-bond donors (Lipinski definition) is 0. The van der Waals surface area contributed by atoms with Gasteiger partial charge in [0.15, 0.2) is 0 Å². The van der Waals surface area contributed by atoms with Gasteiger partial charge in [-0.05, 0) is 57.3 Å². The first-order valence-electron chi connectivity index (χ1n) is 9.31. The molecule has 0 unspecified atom stereocenters.